The summed E-state index contributed by atoms with van der Waals surface area (Å²) < 4.78 is 5.71. The van der Waals surface area contributed by atoms with Crippen molar-refractivity contribution >= 4 is 5.78 Å². The number of ketones is 1. The molecule has 21 heavy (non-hydrogen) atoms. The second kappa shape index (κ2) is 7.23. The van der Waals surface area contributed by atoms with Crippen LogP contribution in [0.1, 0.15) is 59.8 Å². The van der Waals surface area contributed by atoms with Gasteiger partial charge in [-0.1, -0.05) is 20.8 Å². The maximum Gasteiger partial charge on any atom is 0.137 e. The second-order valence-electron chi connectivity index (χ2n) is 7.96. The molecule has 1 saturated heterocycles. The summed E-state index contributed by atoms with van der Waals surface area (Å²) in [5.41, 5.74) is 0.334. The molecule has 2 atom stereocenters. The lowest BCUT2D eigenvalue weighted by Gasteiger charge is -2.40. The van der Waals surface area contributed by atoms with Crippen LogP contribution in [0.3, 0.4) is 0 Å². The lowest BCUT2D eigenvalue weighted by molar-refractivity contribution is -0.127. The van der Waals surface area contributed by atoms with Crippen molar-refractivity contribution in [3.05, 3.63) is 0 Å². The van der Waals surface area contributed by atoms with Crippen LogP contribution in [0.25, 0.3) is 0 Å². The molecule has 0 spiro atoms. The van der Waals surface area contributed by atoms with E-state index in [-0.39, 0.29) is 5.92 Å². The van der Waals surface area contributed by atoms with Crippen LogP contribution in [0, 0.1) is 17.3 Å². The zero-order valence-electron chi connectivity index (χ0n) is 14.4. The van der Waals surface area contributed by atoms with Gasteiger partial charge >= 0.3 is 0 Å². The van der Waals surface area contributed by atoms with Crippen LogP contribution in [0.4, 0.5) is 0 Å². The average molecular weight is 295 g/mol. The maximum atomic E-state index is 12.3. The molecule has 2 rings (SSSR count). The normalized spacial score (nSPS) is 29.8. The molecule has 3 heteroatoms. The predicted octanol–water partition coefficient (Wildman–Crippen LogP) is 3.52. The predicted molar refractivity (Wildman–Crippen MR) is 86.4 cm³/mol. The smallest absolute Gasteiger partial charge is 0.137 e. The van der Waals surface area contributed by atoms with Gasteiger partial charge in [0.25, 0.3) is 0 Å². The first-order valence-electron chi connectivity index (χ1n) is 8.76. The Hall–Kier alpha value is -0.410. The van der Waals surface area contributed by atoms with Gasteiger partial charge in [-0.15, -0.1) is 0 Å². The number of hydrogen-bond acceptors (Lipinski definition) is 3. The summed E-state index contributed by atoms with van der Waals surface area (Å²) >= 11 is 0. The third-order valence-electron chi connectivity index (χ3n) is 5.40. The number of ether oxygens (including phenoxy) is 1. The summed E-state index contributed by atoms with van der Waals surface area (Å²) in [5, 5.41) is 0. The minimum Gasteiger partial charge on any atom is -0.378 e. The fourth-order valence-electron chi connectivity index (χ4n) is 3.88. The van der Waals surface area contributed by atoms with Gasteiger partial charge in [-0.2, -0.15) is 0 Å². The number of rotatable bonds is 4. The SMILES string of the molecule is CCOC1CCN(CC2CC(C(C)(C)C)CCC2=O)CC1. The fourth-order valence-corrected chi connectivity index (χ4v) is 3.88. The molecule has 0 N–H and O–H groups in total. The van der Waals surface area contributed by atoms with E-state index in [0.29, 0.717) is 23.2 Å². The van der Waals surface area contributed by atoms with Crippen molar-refractivity contribution in [2.45, 2.75) is 65.9 Å². The lowest BCUT2D eigenvalue weighted by atomic mass is 9.68. The highest BCUT2D eigenvalue weighted by atomic mass is 16.5. The van der Waals surface area contributed by atoms with Gasteiger partial charge in [0.2, 0.25) is 0 Å². The van der Waals surface area contributed by atoms with Crippen LogP contribution in [-0.2, 0) is 9.53 Å². The topological polar surface area (TPSA) is 29.5 Å². The van der Waals surface area contributed by atoms with Gasteiger partial charge in [-0.3, -0.25) is 4.79 Å². The van der Waals surface area contributed by atoms with E-state index in [4.69, 9.17) is 4.74 Å². The van der Waals surface area contributed by atoms with Crippen LogP contribution < -0.4 is 0 Å². The molecule has 0 aromatic rings. The third-order valence-corrected chi connectivity index (χ3v) is 5.40. The molecule has 1 aliphatic heterocycles. The van der Waals surface area contributed by atoms with Crippen LogP contribution in [0.2, 0.25) is 0 Å². The van der Waals surface area contributed by atoms with Crippen molar-refractivity contribution in [2.75, 3.05) is 26.2 Å². The largest absolute Gasteiger partial charge is 0.378 e. The molecule has 2 unspecified atom stereocenters. The maximum absolute atomic E-state index is 12.3. The van der Waals surface area contributed by atoms with Crippen LogP contribution >= 0.6 is 0 Å². The summed E-state index contributed by atoms with van der Waals surface area (Å²) in [6.07, 6.45) is 5.66. The molecular weight excluding hydrogens is 262 g/mol. The van der Waals surface area contributed by atoms with Crippen molar-refractivity contribution in [1.29, 1.82) is 0 Å². The molecule has 2 aliphatic rings. The Morgan fingerprint density at radius 1 is 1.19 bits per heavy atom. The minimum absolute atomic E-state index is 0.270. The summed E-state index contributed by atoms with van der Waals surface area (Å²) in [6.45, 7) is 13.0. The summed E-state index contributed by atoms with van der Waals surface area (Å²) in [5.74, 6) is 1.47. The fraction of sp³-hybridized carbons (Fsp3) is 0.944. The standard InChI is InChI=1S/C18H33NO2/c1-5-21-16-8-10-19(11-9-16)13-14-12-15(18(2,3)4)6-7-17(14)20/h14-16H,5-13H2,1-4H3. The third kappa shape index (κ3) is 4.79. The molecule has 122 valence electrons. The average Bonchev–Trinajstić information content (AvgIpc) is 2.42. The van der Waals surface area contributed by atoms with Crippen molar-refractivity contribution in [3.63, 3.8) is 0 Å². The minimum atomic E-state index is 0.270. The number of likely N-dealkylation sites (tertiary alicyclic amines) is 1. The monoisotopic (exact) mass is 295 g/mol. The molecule has 3 nitrogen and oxygen atoms in total. The molecular formula is C18H33NO2. The molecule has 2 fully saturated rings. The van der Waals surface area contributed by atoms with E-state index >= 15 is 0 Å². The first kappa shape index (κ1) is 17.0. The van der Waals surface area contributed by atoms with Crippen LogP contribution in [0.5, 0.6) is 0 Å². The zero-order valence-corrected chi connectivity index (χ0v) is 14.4. The summed E-state index contributed by atoms with van der Waals surface area (Å²) in [4.78, 5) is 14.7. The number of hydrogen-bond donors (Lipinski definition) is 0. The number of nitrogens with zero attached hydrogens (tertiary/aromatic N) is 1. The Morgan fingerprint density at radius 2 is 1.86 bits per heavy atom. The van der Waals surface area contributed by atoms with E-state index in [1.807, 2.05) is 0 Å². The highest BCUT2D eigenvalue weighted by Crippen LogP contribution is 2.39. The van der Waals surface area contributed by atoms with E-state index in [1.165, 1.54) is 0 Å². The van der Waals surface area contributed by atoms with Crippen molar-refractivity contribution in [1.82, 2.24) is 4.90 Å². The molecule has 0 radical (unpaired) electrons. The van der Waals surface area contributed by atoms with Crippen molar-refractivity contribution in [3.8, 4) is 0 Å². The Kier molecular flexibility index (Phi) is 5.84. The van der Waals surface area contributed by atoms with Gasteiger partial charge in [0, 0.05) is 38.6 Å². The zero-order chi connectivity index (χ0) is 15.5. The first-order valence-corrected chi connectivity index (χ1v) is 8.76. The quantitative estimate of drug-likeness (QED) is 0.795. The van der Waals surface area contributed by atoms with E-state index in [1.54, 1.807) is 0 Å². The Labute approximate surface area is 130 Å². The number of carbonyl (C=O) groups excluding carboxylic acids is 1. The number of Topliss-reactive ketones (excluding diaryl/α,β-unsaturated/α-hetero) is 1. The Bertz CT molecular complexity index is 340. The van der Waals surface area contributed by atoms with Crippen molar-refractivity contribution in [2.24, 2.45) is 17.3 Å². The molecule has 0 bridgehead atoms. The lowest BCUT2D eigenvalue weighted by Crippen LogP contribution is -2.43. The molecule has 0 amide bonds. The summed E-state index contributed by atoms with van der Waals surface area (Å²) in [7, 11) is 0. The van der Waals surface area contributed by atoms with Crippen LogP contribution in [0.15, 0.2) is 0 Å². The van der Waals surface area contributed by atoms with Gasteiger partial charge in [0.1, 0.15) is 5.78 Å². The van der Waals surface area contributed by atoms with Gasteiger partial charge in [0.15, 0.2) is 0 Å². The molecule has 0 aromatic carbocycles. The van der Waals surface area contributed by atoms with E-state index in [9.17, 15) is 4.79 Å². The van der Waals surface area contributed by atoms with Gasteiger partial charge in [-0.05, 0) is 43.9 Å². The van der Waals surface area contributed by atoms with Crippen LogP contribution in [-0.4, -0.2) is 43.0 Å². The highest BCUT2D eigenvalue weighted by Gasteiger charge is 2.36. The van der Waals surface area contributed by atoms with Gasteiger partial charge in [-0.25, -0.2) is 0 Å². The van der Waals surface area contributed by atoms with E-state index in [0.717, 1.165) is 58.3 Å². The first-order chi connectivity index (χ1) is 9.90. The molecule has 0 aromatic heterocycles. The molecule has 1 saturated carbocycles. The molecule has 1 aliphatic carbocycles. The molecule has 1 heterocycles. The highest BCUT2D eigenvalue weighted by molar-refractivity contribution is 5.82. The van der Waals surface area contributed by atoms with Gasteiger partial charge in [0.05, 0.1) is 6.10 Å². The van der Waals surface area contributed by atoms with Crippen molar-refractivity contribution < 1.29 is 9.53 Å². The van der Waals surface area contributed by atoms with Gasteiger partial charge < -0.3 is 9.64 Å². The number of carbonyl (C=O) groups is 1. The summed E-state index contributed by atoms with van der Waals surface area (Å²) in [6, 6.07) is 0. The Balaban J connectivity index is 1.83. The Morgan fingerprint density at radius 3 is 2.43 bits per heavy atom. The van der Waals surface area contributed by atoms with E-state index in [2.05, 4.69) is 32.6 Å². The second-order valence-corrected chi connectivity index (χ2v) is 7.96. The number of piperidine rings is 1. The van der Waals surface area contributed by atoms with E-state index < -0.39 is 0 Å².